The monoisotopic (exact) mass is 180 g/mol. The fourth-order valence-corrected chi connectivity index (χ4v) is 1.01. The van der Waals surface area contributed by atoms with Crippen molar-refractivity contribution in [3.8, 4) is 11.8 Å². The van der Waals surface area contributed by atoms with E-state index in [1.807, 2.05) is 19.1 Å². The van der Waals surface area contributed by atoms with Crippen molar-refractivity contribution in [3.63, 3.8) is 0 Å². The number of nitrogens with two attached hydrogens (primary N) is 1. The summed E-state index contributed by atoms with van der Waals surface area (Å²) < 4.78 is 0. The number of aromatic nitrogens is 1. The smallest absolute Gasteiger partial charge is 0.144 e. The van der Waals surface area contributed by atoms with Crippen molar-refractivity contribution in [1.82, 2.24) is 4.98 Å². The van der Waals surface area contributed by atoms with Gasteiger partial charge in [-0.1, -0.05) is 23.4 Å². The van der Waals surface area contributed by atoms with Crippen molar-refractivity contribution < 1.29 is 0 Å². The molecule has 0 saturated heterocycles. The molecule has 1 heterocycles. The van der Waals surface area contributed by atoms with Gasteiger partial charge in [-0.15, -0.1) is 0 Å². The van der Waals surface area contributed by atoms with E-state index in [4.69, 9.17) is 17.3 Å². The second-order valence-electron chi connectivity index (χ2n) is 2.30. The molecule has 0 bridgehead atoms. The van der Waals surface area contributed by atoms with Crippen molar-refractivity contribution in [2.24, 2.45) is 5.73 Å². The van der Waals surface area contributed by atoms with Gasteiger partial charge in [0.25, 0.3) is 0 Å². The molecule has 0 spiro atoms. The Labute approximate surface area is 76.8 Å². The topological polar surface area (TPSA) is 38.9 Å². The van der Waals surface area contributed by atoms with E-state index in [0.29, 0.717) is 11.7 Å². The first-order valence-corrected chi connectivity index (χ1v) is 3.94. The minimum atomic E-state index is 0.338. The average molecular weight is 181 g/mol. The third kappa shape index (κ3) is 2.23. The van der Waals surface area contributed by atoms with E-state index in [1.165, 1.54) is 0 Å². The van der Waals surface area contributed by atoms with Crippen LogP contribution in [0.4, 0.5) is 0 Å². The van der Waals surface area contributed by atoms with Gasteiger partial charge in [0.1, 0.15) is 5.15 Å². The quantitative estimate of drug-likeness (QED) is 0.484. The lowest BCUT2D eigenvalue weighted by Gasteiger charge is -1.95. The average Bonchev–Trinajstić information content (AvgIpc) is 2.03. The molecule has 3 heteroatoms. The molecule has 0 saturated carbocycles. The van der Waals surface area contributed by atoms with E-state index in [1.54, 1.807) is 0 Å². The Hall–Kier alpha value is -1.04. The van der Waals surface area contributed by atoms with Gasteiger partial charge in [0, 0.05) is 5.69 Å². The van der Waals surface area contributed by atoms with E-state index >= 15 is 0 Å². The zero-order chi connectivity index (χ0) is 8.97. The Morgan fingerprint density at radius 2 is 2.33 bits per heavy atom. The first kappa shape index (κ1) is 9.05. The summed E-state index contributed by atoms with van der Waals surface area (Å²) >= 11 is 5.81. The third-order valence-electron chi connectivity index (χ3n) is 1.31. The molecule has 2 nitrogen and oxygen atoms in total. The van der Waals surface area contributed by atoms with Crippen molar-refractivity contribution >= 4 is 11.6 Å². The zero-order valence-electron chi connectivity index (χ0n) is 6.76. The van der Waals surface area contributed by atoms with Crippen LogP contribution >= 0.6 is 11.6 Å². The second kappa shape index (κ2) is 4.10. The van der Waals surface area contributed by atoms with Crippen LogP contribution in [-0.4, -0.2) is 11.5 Å². The van der Waals surface area contributed by atoms with Crippen molar-refractivity contribution in [3.05, 3.63) is 28.5 Å². The SMILES string of the molecule is Cc1ccc(C#CCN)c(Cl)n1. The highest BCUT2D eigenvalue weighted by Crippen LogP contribution is 2.11. The van der Waals surface area contributed by atoms with Crippen LogP contribution < -0.4 is 5.73 Å². The van der Waals surface area contributed by atoms with Crippen LogP contribution in [0, 0.1) is 18.8 Å². The lowest BCUT2D eigenvalue weighted by atomic mass is 10.2. The first-order valence-electron chi connectivity index (χ1n) is 3.56. The molecule has 0 amide bonds. The Morgan fingerprint density at radius 1 is 1.58 bits per heavy atom. The lowest BCUT2D eigenvalue weighted by Crippen LogP contribution is -1.93. The number of aryl methyl sites for hydroxylation is 1. The molecule has 0 aromatic carbocycles. The molecule has 1 rings (SSSR count). The highest BCUT2D eigenvalue weighted by atomic mass is 35.5. The fourth-order valence-electron chi connectivity index (χ4n) is 0.765. The minimum absolute atomic E-state index is 0.338. The predicted molar refractivity (Wildman–Crippen MR) is 49.9 cm³/mol. The molecule has 2 N–H and O–H groups in total. The van der Waals surface area contributed by atoms with Gasteiger partial charge < -0.3 is 5.73 Å². The van der Waals surface area contributed by atoms with Crippen molar-refractivity contribution in [2.75, 3.05) is 6.54 Å². The van der Waals surface area contributed by atoms with Gasteiger partial charge in [-0.3, -0.25) is 0 Å². The van der Waals surface area contributed by atoms with Crippen LogP contribution in [0.3, 0.4) is 0 Å². The van der Waals surface area contributed by atoms with Gasteiger partial charge in [0.15, 0.2) is 0 Å². The second-order valence-corrected chi connectivity index (χ2v) is 2.65. The van der Waals surface area contributed by atoms with Gasteiger partial charge >= 0.3 is 0 Å². The lowest BCUT2D eigenvalue weighted by molar-refractivity contribution is 1.19. The largest absolute Gasteiger partial charge is 0.320 e. The summed E-state index contributed by atoms with van der Waals surface area (Å²) in [6.07, 6.45) is 0. The van der Waals surface area contributed by atoms with Crippen LogP contribution in [0.1, 0.15) is 11.3 Å². The fraction of sp³-hybridized carbons (Fsp3) is 0.222. The van der Waals surface area contributed by atoms with E-state index < -0.39 is 0 Å². The molecule has 0 atom stereocenters. The van der Waals surface area contributed by atoms with E-state index in [0.717, 1.165) is 11.3 Å². The van der Waals surface area contributed by atoms with E-state index in [9.17, 15) is 0 Å². The Balaban J connectivity index is 3.01. The highest BCUT2D eigenvalue weighted by molar-refractivity contribution is 6.30. The molecule has 0 radical (unpaired) electrons. The number of rotatable bonds is 0. The molecule has 1 aromatic rings. The zero-order valence-corrected chi connectivity index (χ0v) is 7.52. The molecule has 0 unspecified atom stereocenters. The standard InChI is InChI=1S/C9H9ClN2/c1-7-4-5-8(3-2-6-11)9(10)12-7/h4-5H,6,11H2,1H3. The minimum Gasteiger partial charge on any atom is -0.320 e. The maximum absolute atomic E-state index is 5.81. The summed E-state index contributed by atoms with van der Waals surface area (Å²) in [6.45, 7) is 2.22. The van der Waals surface area contributed by atoms with Crippen LogP contribution in [0.5, 0.6) is 0 Å². The number of hydrogen-bond acceptors (Lipinski definition) is 2. The predicted octanol–water partition coefficient (Wildman–Crippen LogP) is 1.35. The number of pyridine rings is 1. The highest BCUT2D eigenvalue weighted by Gasteiger charge is 1.96. The molecular weight excluding hydrogens is 172 g/mol. The Morgan fingerprint density at radius 3 is 2.92 bits per heavy atom. The van der Waals surface area contributed by atoms with Gasteiger partial charge in [0.05, 0.1) is 12.1 Å². The summed E-state index contributed by atoms with van der Waals surface area (Å²) in [5.41, 5.74) is 6.84. The maximum Gasteiger partial charge on any atom is 0.144 e. The normalized spacial score (nSPS) is 8.92. The molecule has 12 heavy (non-hydrogen) atoms. The van der Waals surface area contributed by atoms with Crippen LogP contribution in [0.2, 0.25) is 5.15 Å². The van der Waals surface area contributed by atoms with Gasteiger partial charge in [-0.25, -0.2) is 4.98 Å². The van der Waals surface area contributed by atoms with Gasteiger partial charge in [-0.05, 0) is 19.1 Å². The Kier molecular flexibility index (Phi) is 3.09. The van der Waals surface area contributed by atoms with Crippen molar-refractivity contribution in [1.29, 1.82) is 0 Å². The maximum atomic E-state index is 5.81. The van der Waals surface area contributed by atoms with E-state index in [-0.39, 0.29) is 0 Å². The summed E-state index contributed by atoms with van der Waals surface area (Å²) in [5.74, 6) is 5.55. The number of halogens is 1. The third-order valence-corrected chi connectivity index (χ3v) is 1.60. The summed E-state index contributed by atoms with van der Waals surface area (Å²) in [4.78, 5) is 4.05. The molecule has 0 fully saturated rings. The molecule has 0 aliphatic heterocycles. The summed E-state index contributed by atoms with van der Waals surface area (Å²) in [7, 11) is 0. The van der Waals surface area contributed by atoms with Gasteiger partial charge in [-0.2, -0.15) is 0 Å². The van der Waals surface area contributed by atoms with E-state index in [2.05, 4.69) is 16.8 Å². The summed E-state index contributed by atoms with van der Waals surface area (Å²) in [5, 5.41) is 0.441. The molecule has 62 valence electrons. The molecule has 0 aliphatic carbocycles. The van der Waals surface area contributed by atoms with Gasteiger partial charge in [0.2, 0.25) is 0 Å². The number of hydrogen-bond donors (Lipinski definition) is 1. The molecule has 0 aliphatic rings. The first-order chi connectivity index (χ1) is 5.74. The van der Waals surface area contributed by atoms with Crippen LogP contribution in [-0.2, 0) is 0 Å². The molecule has 1 aromatic heterocycles. The van der Waals surface area contributed by atoms with Crippen molar-refractivity contribution in [2.45, 2.75) is 6.92 Å². The summed E-state index contributed by atoms with van der Waals surface area (Å²) in [6, 6.07) is 3.71. The van der Waals surface area contributed by atoms with Crippen LogP contribution in [0.25, 0.3) is 0 Å². The van der Waals surface area contributed by atoms with Crippen LogP contribution in [0.15, 0.2) is 12.1 Å². The Bertz CT molecular complexity index is 336. The molecular formula is C9H9ClN2. The number of nitrogens with zero attached hydrogens (tertiary/aromatic N) is 1.